The molecule has 0 heterocycles. The average Bonchev–Trinajstić information content (AvgIpc) is 2.70. The van der Waals surface area contributed by atoms with E-state index >= 15 is 0 Å². The van der Waals surface area contributed by atoms with E-state index in [4.69, 9.17) is 9.84 Å². The molecule has 0 saturated carbocycles. The van der Waals surface area contributed by atoms with Crippen molar-refractivity contribution in [1.82, 2.24) is 0 Å². The Bertz CT molecular complexity index is 208. The molecule has 0 saturated heterocycles. The third-order valence-electron chi connectivity index (χ3n) is 5.28. The Morgan fingerprint density at radius 3 is 0.857 bits per heavy atom. The van der Waals surface area contributed by atoms with E-state index in [1.165, 1.54) is 128 Å². The Morgan fingerprint density at radius 1 is 0.393 bits per heavy atom. The lowest BCUT2D eigenvalue weighted by atomic mass is 10.1. The Labute approximate surface area is 179 Å². The van der Waals surface area contributed by atoms with Crippen molar-refractivity contribution in [3.8, 4) is 0 Å². The lowest BCUT2D eigenvalue weighted by molar-refractivity contribution is 0.125. The maximum absolute atomic E-state index is 7.57. The predicted molar refractivity (Wildman–Crippen MR) is 127 cm³/mol. The Balaban J connectivity index is 0. The number of aliphatic hydroxyl groups excluding tert-OH is 1. The molecule has 0 aromatic rings. The molecule has 2 nitrogen and oxygen atoms in total. The summed E-state index contributed by atoms with van der Waals surface area (Å²) in [6, 6.07) is 0. The summed E-state index contributed by atoms with van der Waals surface area (Å²) in [7, 11) is 0. The third-order valence-corrected chi connectivity index (χ3v) is 5.28. The van der Waals surface area contributed by atoms with Crippen LogP contribution in [0.1, 0.15) is 149 Å². The van der Waals surface area contributed by atoms with Gasteiger partial charge in [-0.1, -0.05) is 129 Å². The van der Waals surface area contributed by atoms with E-state index in [0.717, 1.165) is 13.2 Å². The van der Waals surface area contributed by atoms with Crippen molar-refractivity contribution < 1.29 is 9.84 Å². The summed E-state index contributed by atoms with van der Waals surface area (Å²) in [5, 5.41) is 7.57. The van der Waals surface area contributed by atoms with E-state index in [2.05, 4.69) is 13.8 Å². The Hall–Kier alpha value is -0.0800. The zero-order chi connectivity index (χ0) is 21.0. The van der Waals surface area contributed by atoms with Crippen molar-refractivity contribution in [1.29, 1.82) is 0 Å². The molecule has 1 N–H and O–H groups in total. The van der Waals surface area contributed by atoms with Crippen molar-refractivity contribution in [3.05, 3.63) is 0 Å². The molecule has 0 spiro atoms. The SMILES string of the molecule is CCCCCCCCCCCCOCCCCCCCCCCCC.CCO. The van der Waals surface area contributed by atoms with Crippen LogP contribution in [-0.4, -0.2) is 24.9 Å². The molecular weight excluding hydrogens is 344 g/mol. The van der Waals surface area contributed by atoms with Gasteiger partial charge < -0.3 is 9.84 Å². The van der Waals surface area contributed by atoms with Gasteiger partial charge in [-0.3, -0.25) is 0 Å². The normalized spacial score (nSPS) is 10.7. The molecule has 0 fully saturated rings. The standard InChI is InChI=1S/C24H50O.C2H6O/c1-3-5-7-9-11-13-15-17-19-21-23-25-24-22-20-18-16-14-12-10-8-6-4-2;1-2-3/h3-24H2,1-2H3;3H,2H2,1H3. The minimum Gasteiger partial charge on any atom is -0.397 e. The summed E-state index contributed by atoms with van der Waals surface area (Å²) in [4.78, 5) is 0. The van der Waals surface area contributed by atoms with Gasteiger partial charge in [0.1, 0.15) is 0 Å². The second kappa shape index (κ2) is 31.6. The van der Waals surface area contributed by atoms with Crippen molar-refractivity contribution in [2.45, 2.75) is 149 Å². The van der Waals surface area contributed by atoms with Gasteiger partial charge >= 0.3 is 0 Å². The van der Waals surface area contributed by atoms with Gasteiger partial charge in [-0.25, -0.2) is 0 Å². The van der Waals surface area contributed by atoms with Crippen LogP contribution in [0.4, 0.5) is 0 Å². The van der Waals surface area contributed by atoms with E-state index in [0.29, 0.717) is 0 Å². The van der Waals surface area contributed by atoms with Gasteiger partial charge in [-0.05, 0) is 19.8 Å². The fourth-order valence-electron chi connectivity index (χ4n) is 3.49. The molecular formula is C26H56O2. The van der Waals surface area contributed by atoms with Crippen LogP contribution in [0.15, 0.2) is 0 Å². The topological polar surface area (TPSA) is 29.5 Å². The summed E-state index contributed by atoms with van der Waals surface area (Å²) in [6.45, 7) is 8.50. The van der Waals surface area contributed by atoms with Crippen molar-refractivity contribution >= 4 is 0 Å². The number of unbranched alkanes of at least 4 members (excludes halogenated alkanes) is 18. The number of rotatable bonds is 22. The van der Waals surface area contributed by atoms with Crippen LogP contribution in [0.3, 0.4) is 0 Å². The van der Waals surface area contributed by atoms with Crippen LogP contribution < -0.4 is 0 Å². The molecule has 0 atom stereocenters. The number of aliphatic hydroxyl groups is 1. The average molecular weight is 401 g/mol. The Kier molecular flexibility index (Phi) is 34.0. The van der Waals surface area contributed by atoms with Gasteiger partial charge in [0.15, 0.2) is 0 Å². The summed E-state index contributed by atoms with van der Waals surface area (Å²) in [6.07, 6.45) is 28.2. The van der Waals surface area contributed by atoms with Crippen LogP contribution >= 0.6 is 0 Å². The molecule has 0 aromatic carbocycles. The minimum absolute atomic E-state index is 0.250. The van der Waals surface area contributed by atoms with E-state index in [-0.39, 0.29) is 6.61 Å². The lowest BCUT2D eigenvalue weighted by Gasteiger charge is -2.05. The van der Waals surface area contributed by atoms with Crippen molar-refractivity contribution in [2.75, 3.05) is 19.8 Å². The highest BCUT2D eigenvalue weighted by atomic mass is 16.5. The smallest absolute Gasteiger partial charge is 0.0466 e. The first-order chi connectivity index (χ1) is 13.8. The van der Waals surface area contributed by atoms with E-state index in [9.17, 15) is 0 Å². The van der Waals surface area contributed by atoms with Crippen LogP contribution in [0.2, 0.25) is 0 Å². The van der Waals surface area contributed by atoms with Crippen molar-refractivity contribution in [3.63, 3.8) is 0 Å². The second-order valence-electron chi connectivity index (χ2n) is 8.29. The molecule has 0 aliphatic rings. The van der Waals surface area contributed by atoms with Gasteiger partial charge in [-0.15, -0.1) is 0 Å². The second-order valence-corrected chi connectivity index (χ2v) is 8.29. The molecule has 0 aliphatic carbocycles. The van der Waals surface area contributed by atoms with Crippen LogP contribution in [-0.2, 0) is 4.74 Å². The molecule has 2 heteroatoms. The maximum Gasteiger partial charge on any atom is 0.0466 e. The van der Waals surface area contributed by atoms with Crippen LogP contribution in [0.5, 0.6) is 0 Å². The van der Waals surface area contributed by atoms with Gasteiger partial charge in [0.05, 0.1) is 0 Å². The van der Waals surface area contributed by atoms with Crippen molar-refractivity contribution in [2.24, 2.45) is 0 Å². The molecule has 172 valence electrons. The zero-order valence-electron chi connectivity index (χ0n) is 20.1. The molecule has 0 unspecified atom stereocenters. The molecule has 0 aliphatic heterocycles. The van der Waals surface area contributed by atoms with E-state index < -0.39 is 0 Å². The number of ether oxygens (including phenoxy) is 1. The van der Waals surface area contributed by atoms with Gasteiger partial charge in [0, 0.05) is 19.8 Å². The largest absolute Gasteiger partial charge is 0.397 e. The van der Waals surface area contributed by atoms with Gasteiger partial charge in [0.2, 0.25) is 0 Å². The molecule has 0 amide bonds. The first-order valence-corrected chi connectivity index (χ1v) is 13.0. The number of hydrogen-bond donors (Lipinski definition) is 1. The molecule has 0 radical (unpaired) electrons. The summed E-state index contributed by atoms with van der Waals surface area (Å²) in [5.74, 6) is 0. The fourth-order valence-corrected chi connectivity index (χ4v) is 3.49. The predicted octanol–water partition coefficient (Wildman–Crippen LogP) is 8.84. The maximum atomic E-state index is 7.57. The molecule has 0 bridgehead atoms. The highest BCUT2D eigenvalue weighted by molar-refractivity contribution is 4.49. The lowest BCUT2D eigenvalue weighted by Crippen LogP contribution is -1.97. The van der Waals surface area contributed by atoms with E-state index in [1.54, 1.807) is 6.92 Å². The first-order valence-electron chi connectivity index (χ1n) is 13.0. The quantitative estimate of drug-likeness (QED) is 0.184. The van der Waals surface area contributed by atoms with Crippen LogP contribution in [0, 0.1) is 0 Å². The van der Waals surface area contributed by atoms with Gasteiger partial charge in [-0.2, -0.15) is 0 Å². The minimum atomic E-state index is 0.250. The summed E-state index contributed by atoms with van der Waals surface area (Å²) < 4.78 is 5.78. The summed E-state index contributed by atoms with van der Waals surface area (Å²) >= 11 is 0. The molecule has 0 aromatic heterocycles. The fraction of sp³-hybridized carbons (Fsp3) is 1.00. The molecule has 28 heavy (non-hydrogen) atoms. The molecule has 0 rings (SSSR count). The van der Waals surface area contributed by atoms with Gasteiger partial charge in [0.25, 0.3) is 0 Å². The number of hydrogen-bond acceptors (Lipinski definition) is 2. The van der Waals surface area contributed by atoms with Crippen LogP contribution in [0.25, 0.3) is 0 Å². The highest BCUT2D eigenvalue weighted by Crippen LogP contribution is 2.12. The third kappa shape index (κ3) is 33.5. The first kappa shape index (κ1) is 30.1. The summed E-state index contributed by atoms with van der Waals surface area (Å²) in [5.41, 5.74) is 0. The zero-order valence-corrected chi connectivity index (χ0v) is 20.1. The highest BCUT2D eigenvalue weighted by Gasteiger charge is 1.95. The monoisotopic (exact) mass is 400 g/mol. The van der Waals surface area contributed by atoms with E-state index in [1.807, 2.05) is 0 Å². The Morgan fingerprint density at radius 2 is 0.607 bits per heavy atom.